The molecule has 0 aromatic heterocycles. The highest BCUT2D eigenvalue weighted by molar-refractivity contribution is 5.87. The Morgan fingerprint density at radius 3 is 2.11 bits per heavy atom. The number of hydrogen-bond acceptors (Lipinski definition) is 1. The van der Waals surface area contributed by atoms with E-state index in [0.29, 0.717) is 5.78 Å². The third kappa shape index (κ3) is 1.87. The van der Waals surface area contributed by atoms with Crippen molar-refractivity contribution in [2.24, 2.45) is 10.8 Å². The fourth-order valence-electron chi connectivity index (χ4n) is 4.72. The van der Waals surface area contributed by atoms with Gasteiger partial charge in [0.15, 0.2) is 0 Å². The zero-order valence-corrected chi connectivity index (χ0v) is 11.6. The van der Waals surface area contributed by atoms with Crippen LogP contribution < -0.4 is 0 Å². The van der Waals surface area contributed by atoms with E-state index in [-0.39, 0.29) is 10.8 Å². The second kappa shape index (κ2) is 4.51. The molecule has 3 fully saturated rings. The maximum Gasteiger partial charge on any atom is 0.139 e. The molecule has 18 heavy (non-hydrogen) atoms. The average molecular weight is 246 g/mol. The van der Waals surface area contributed by atoms with E-state index in [1.165, 1.54) is 69.8 Å². The van der Waals surface area contributed by atoms with Crippen LogP contribution in [-0.4, -0.2) is 5.78 Å². The van der Waals surface area contributed by atoms with Gasteiger partial charge in [-0.2, -0.15) is 0 Å². The Hall–Kier alpha value is -0.590. The van der Waals surface area contributed by atoms with Gasteiger partial charge >= 0.3 is 0 Å². The van der Waals surface area contributed by atoms with E-state index < -0.39 is 0 Å². The first-order valence-corrected chi connectivity index (χ1v) is 7.89. The van der Waals surface area contributed by atoms with Gasteiger partial charge in [0, 0.05) is 11.8 Å². The van der Waals surface area contributed by atoms with Crippen molar-refractivity contribution in [3.63, 3.8) is 0 Å². The van der Waals surface area contributed by atoms with Gasteiger partial charge in [0.25, 0.3) is 0 Å². The molecular weight excluding hydrogens is 220 g/mol. The normalized spacial score (nSPS) is 36.2. The van der Waals surface area contributed by atoms with E-state index in [1.54, 1.807) is 0 Å². The molecule has 1 nitrogen and oxygen atoms in total. The molecule has 0 saturated heterocycles. The monoisotopic (exact) mass is 246 g/mol. The quantitative estimate of drug-likeness (QED) is 0.561. The second-order valence-electron chi connectivity index (χ2n) is 7.03. The molecule has 0 amide bonds. The summed E-state index contributed by atoms with van der Waals surface area (Å²) in [6, 6.07) is 0. The highest BCUT2D eigenvalue weighted by Crippen LogP contribution is 2.56. The molecule has 0 radical (unpaired) electrons. The Kier molecular flexibility index (Phi) is 3.11. The molecule has 0 heterocycles. The van der Waals surface area contributed by atoms with Crippen molar-refractivity contribution >= 4 is 5.78 Å². The van der Waals surface area contributed by atoms with E-state index in [9.17, 15) is 4.79 Å². The molecule has 1 unspecified atom stereocenters. The molecule has 3 saturated carbocycles. The summed E-state index contributed by atoms with van der Waals surface area (Å²) in [5.41, 5.74) is 1.72. The fourth-order valence-corrected chi connectivity index (χ4v) is 4.72. The molecule has 3 aliphatic carbocycles. The van der Waals surface area contributed by atoms with Crippen molar-refractivity contribution < 1.29 is 4.79 Å². The van der Waals surface area contributed by atoms with Gasteiger partial charge in [0.05, 0.1) is 0 Å². The van der Waals surface area contributed by atoms with Crippen LogP contribution in [0.1, 0.15) is 77.0 Å². The van der Waals surface area contributed by atoms with Crippen LogP contribution in [0.4, 0.5) is 0 Å². The smallest absolute Gasteiger partial charge is 0.139 e. The lowest BCUT2D eigenvalue weighted by Gasteiger charge is -2.45. The molecule has 0 aliphatic heterocycles. The average Bonchev–Trinajstić information content (AvgIpc) is 2.76. The number of Topliss-reactive ketones (excluding diaryl/α,β-unsaturated/α-hetero) is 1. The lowest BCUT2D eigenvalue weighted by molar-refractivity contribution is -0.135. The van der Waals surface area contributed by atoms with Crippen molar-refractivity contribution in [2.75, 3.05) is 0 Å². The van der Waals surface area contributed by atoms with Crippen molar-refractivity contribution in [1.29, 1.82) is 0 Å². The lowest BCUT2D eigenvalue weighted by atomic mass is 9.58. The first kappa shape index (κ1) is 12.4. The highest BCUT2D eigenvalue weighted by atomic mass is 16.1. The topological polar surface area (TPSA) is 17.1 Å². The van der Waals surface area contributed by atoms with Gasteiger partial charge in [-0.25, -0.2) is 0 Å². The van der Waals surface area contributed by atoms with Gasteiger partial charge in [-0.3, -0.25) is 4.79 Å². The number of rotatable bonds is 0. The van der Waals surface area contributed by atoms with Crippen LogP contribution in [0.5, 0.6) is 0 Å². The largest absolute Gasteiger partial charge is 0.299 e. The van der Waals surface area contributed by atoms with Crippen LogP contribution in [0.2, 0.25) is 0 Å². The maximum absolute atomic E-state index is 12.7. The van der Waals surface area contributed by atoms with Crippen LogP contribution in [0.3, 0.4) is 0 Å². The first-order valence-electron chi connectivity index (χ1n) is 7.89. The number of ketones is 1. The van der Waals surface area contributed by atoms with Gasteiger partial charge in [0.1, 0.15) is 5.78 Å². The summed E-state index contributed by atoms with van der Waals surface area (Å²) in [4.78, 5) is 12.7. The van der Waals surface area contributed by atoms with Gasteiger partial charge in [-0.15, -0.1) is 0 Å². The number of hydrogen-bond donors (Lipinski definition) is 0. The SMILES string of the molecule is C=C1CCCCCC12CCC1(CCCC1)C(=O)C2. The Morgan fingerprint density at radius 2 is 1.39 bits per heavy atom. The predicted octanol–water partition coefficient (Wildman–Crippen LogP) is 4.81. The molecular formula is C17H26O. The Morgan fingerprint density at radius 1 is 0.778 bits per heavy atom. The van der Waals surface area contributed by atoms with Crippen LogP contribution in [-0.2, 0) is 4.79 Å². The Balaban J connectivity index is 1.80. The third-order valence-electron chi connectivity index (χ3n) is 6.12. The van der Waals surface area contributed by atoms with Crippen molar-refractivity contribution in [3.8, 4) is 0 Å². The molecule has 100 valence electrons. The number of allylic oxidation sites excluding steroid dienone is 1. The van der Waals surface area contributed by atoms with Crippen LogP contribution in [0.25, 0.3) is 0 Å². The Labute approximate surface area is 111 Å². The maximum atomic E-state index is 12.7. The van der Waals surface area contributed by atoms with E-state index in [1.807, 2.05) is 0 Å². The predicted molar refractivity (Wildman–Crippen MR) is 74.4 cm³/mol. The number of carbonyl (C=O) groups excluding carboxylic acids is 1. The zero-order chi connectivity index (χ0) is 12.6. The van der Waals surface area contributed by atoms with Gasteiger partial charge < -0.3 is 0 Å². The molecule has 3 rings (SSSR count). The molecule has 0 aromatic carbocycles. The molecule has 1 heteroatoms. The van der Waals surface area contributed by atoms with Gasteiger partial charge in [-0.05, 0) is 50.4 Å². The molecule has 3 aliphatic rings. The molecule has 1 atom stereocenters. The minimum Gasteiger partial charge on any atom is -0.299 e. The van der Waals surface area contributed by atoms with Crippen LogP contribution >= 0.6 is 0 Å². The van der Waals surface area contributed by atoms with E-state index in [0.717, 1.165) is 12.8 Å². The molecule has 2 spiro atoms. The lowest BCUT2D eigenvalue weighted by Crippen LogP contribution is -2.41. The summed E-state index contributed by atoms with van der Waals surface area (Å²) in [7, 11) is 0. The molecule has 0 aromatic rings. The van der Waals surface area contributed by atoms with Crippen molar-refractivity contribution in [2.45, 2.75) is 77.0 Å². The van der Waals surface area contributed by atoms with E-state index >= 15 is 0 Å². The summed E-state index contributed by atoms with van der Waals surface area (Å²) < 4.78 is 0. The van der Waals surface area contributed by atoms with Gasteiger partial charge in [-0.1, -0.05) is 37.8 Å². The highest BCUT2D eigenvalue weighted by Gasteiger charge is 2.50. The second-order valence-corrected chi connectivity index (χ2v) is 7.03. The standard InChI is InChI=1S/C17H26O/c1-14-7-3-2-4-10-17(14)12-11-16(15(18)13-17)8-5-6-9-16/h1-13H2. The number of carbonyl (C=O) groups is 1. The van der Waals surface area contributed by atoms with Crippen LogP contribution in [0.15, 0.2) is 12.2 Å². The Bertz CT molecular complexity index is 362. The third-order valence-corrected chi connectivity index (χ3v) is 6.12. The van der Waals surface area contributed by atoms with Crippen molar-refractivity contribution in [1.82, 2.24) is 0 Å². The minimum atomic E-state index is 0.109. The minimum absolute atomic E-state index is 0.109. The van der Waals surface area contributed by atoms with Gasteiger partial charge in [0.2, 0.25) is 0 Å². The molecule has 0 bridgehead atoms. The van der Waals surface area contributed by atoms with Crippen molar-refractivity contribution in [3.05, 3.63) is 12.2 Å². The summed E-state index contributed by atoms with van der Waals surface area (Å²) in [6.07, 6.45) is 14.5. The first-order chi connectivity index (χ1) is 8.67. The summed E-state index contributed by atoms with van der Waals surface area (Å²) in [5, 5.41) is 0. The van der Waals surface area contributed by atoms with E-state index in [2.05, 4.69) is 6.58 Å². The summed E-state index contributed by atoms with van der Waals surface area (Å²) in [5.74, 6) is 0.592. The molecule has 0 N–H and O–H groups in total. The summed E-state index contributed by atoms with van der Waals surface area (Å²) in [6.45, 7) is 4.35. The summed E-state index contributed by atoms with van der Waals surface area (Å²) >= 11 is 0. The van der Waals surface area contributed by atoms with E-state index in [4.69, 9.17) is 0 Å². The van der Waals surface area contributed by atoms with Crippen LogP contribution in [0, 0.1) is 10.8 Å². The fraction of sp³-hybridized carbons (Fsp3) is 0.824. The zero-order valence-electron chi connectivity index (χ0n) is 11.6.